The molecule has 1 heterocycles. The van der Waals surface area contributed by atoms with Crippen LogP contribution in [-0.4, -0.2) is 50.7 Å². The zero-order valence-corrected chi connectivity index (χ0v) is 13.2. The van der Waals surface area contributed by atoms with Gasteiger partial charge in [0.2, 0.25) is 0 Å². The molecule has 5 heteroatoms. The molecule has 1 fully saturated rings. The molecule has 1 aliphatic rings. The second-order valence-corrected chi connectivity index (χ2v) is 5.58. The Morgan fingerprint density at radius 2 is 2.00 bits per heavy atom. The molecule has 0 spiro atoms. The number of hydrogen-bond donors (Lipinski definition) is 1. The minimum atomic E-state index is 0.0520. The van der Waals surface area contributed by atoms with Gasteiger partial charge in [0.15, 0.2) is 11.5 Å². The van der Waals surface area contributed by atoms with Gasteiger partial charge in [0.1, 0.15) is 0 Å². The van der Waals surface area contributed by atoms with Gasteiger partial charge in [-0.15, -0.1) is 0 Å². The summed E-state index contributed by atoms with van der Waals surface area (Å²) in [7, 11) is 3.16. The molecule has 0 bridgehead atoms. The van der Waals surface area contributed by atoms with Gasteiger partial charge >= 0.3 is 0 Å². The standard InChI is InChI=1S/C16H24N2O3/c1-11(2)13-10-17-7-8-18(13)16(19)12-5-6-14(20-3)15(9-12)21-4/h5-6,9,11,13,17H,7-8,10H2,1-4H3. The van der Waals surface area contributed by atoms with E-state index in [9.17, 15) is 4.79 Å². The minimum absolute atomic E-state index is 0.0520. The molecule has 1 saturated heterocycles. The summed E-state index contributed by atoms with van der Waals surface area (Å²) in [4.78, 5) is 14.7. The molecule has 1 unspecified atom stereocenters. The molecule has 1 aliphatic heterocycles. The van der Waals surface area contributed by atoms with Crippen molar-refractivity contribution in [1.29, 1.82) is 0 Å². The van der Waals surface area contributed by atoms with E-state index in [-0.39, 0.29) is 11.9 Å². The van der Waals surface area contributed by atoms with Crippen molar-refractivity contribution in [3.05, 3.63) is 23.8 Å². The second-order valence-electron chi connectivity index (χ2n) is 5.58. The van der Waals surface area contributed by atoms with E-state index in [4.69, 9.17) is 9.47 Å². The van der Waals surface area contributed by atoms with Crippen molar-refractivity contribution in [2.45, 2.75) is 19.9 Å². The van der Waals surface area contributed by atoms with Gasteiger partial charge in [0.25, 0.3) is 5.91 Å². The van der Waals surface area contributed by atoms with Crippen molar-refractivity contribution in [1.82, 2.24) is 10.2 Å². The number of rotatable bonds is 4. The zero-order chi connectivity index (χ0) is 15.4. The Hall–Kier alpha value is -1.75. The second kappa shape index (κ2) is 6.80. The molecule has 0 saturated carbocycles. The van der Waals surface area contributed by atoms with E-state index in [2.05, 4.69) is 19.2 Å². The Kier molecular flexibility index (Phi) is 5.07. The highest BCUT2D eigenvalue weighted by atomic mass is 16.5. The lowest BCUT2D eigenvalue weighted by Crippen LogP contribution is -2.55. The van der Waals surface area contributed by atoms with Crippen LogP contribution < -0.4 is 14.8 Å². The summed E-state index contributed by atoms with van der Waals surface area (Å²) in [6.07, 6.45) is 0. The minimum Gasteiger partial charge on any atom is -0.493 e. The molecule has 1 amide bonds. The van der Waals surface area contributed by atoms with Crippen LogP contribution >= 0.6 is 0 Å². The smallest absolute Gasteiger partial charge is 0.254 e. The van der Waals surface area contributed by atoms with Crippen molar-refractivity contribution < 1.29 is 14.3 Å². The summed E-state index contributed by atoms with van der Waals surface area (Å²) in [5.74, 6) is 1.69. The van der Waals surface area contributed by atoms with Gasteiger partial charge in [0, 0.05) is 31.2 Å². The first-order valence-electron chi connectivity index (χ1n) is 7.32. The fraction of sp³-hybridized carbons (Fsp3) is 0.562. The van der Waals surface area contributed by atoms with Crippen LogP contribution in [0.15, 0.2) is 18.2 Å². The van der Waals surface area contributed by atoms with E-state index in [1.807, 2.05) is 4.90 Å². The molecule has 0 radical (unpaired) electrons. The van der Waals surface area contributed by atoms with Crippen molar-refractivity contribution in [2.75, 3.05) is 33.9 Å². The number of carbonyl (C=O) groups excluding carboxylic acids is 1. The lowest BCUT2D eigenvalue weighted by molar-refractivity contribution is 0.0573. The highest BCUT2D eigenvalue weighted by Gasteiger charge is 2.29. The summed E-state index contributed by atoms with van der Waals surface area (Å²) >= 11 is 0. The highest BCUT2D eigenvalue weighted by Crippen LogP contribution is 2.28. The highest BCUT2D eigenvalue weighted by molar-refractivity contribution is 5.95. The topological polar surface area (TPSA) is 50.8 Å². The van der Waals surface area contributed by atoms with Gasteiger partial charge in [0.05, 0.1) is 14.2 Å². The van der Waals surface area contributed by atoms with Crippen LogP contribution in [0.1, 0.15) is 24.2 Å². The SMILES string of the molecule is COc1ccc(C(=O)N2CCNCC2C(C)C)cc1OC. The molecular formula is C16H24N2O3. The number of piperazine rings is 1. The zero-order valence-electron chi connectivity index (χ0n) is 13.2. The van der Waals surface area contributed by atoms with Crippen molar-refractivity contribution >= 4 is 5.91 Å². The van der Waals surface area contributed by atoms with Gasteiger partial charge in [-0.1, -0.05) is 13.8 Å². The van der Waals surface area contributed by atoms with E-state index in [1.165, 1.54) is 0 Å². The third kappa shape index (κ3) is 3.29. The van der Waals surface area contributed by atoms with Crippen LogP contribution in [0.4, 0.5) is 0 Å². The van der Waals surface area contributed by atoms with E-state index in [0.717, 1.165) is 19.6 Å². The quantitative estimate of drug-likeness (QED) is 0.919. The predicted octanol–water partition coefficient (Wildman–Crippen LogP) is 1.77. The van der Waals surface area contributed by atoms with Crippen LogP contribution in [0, 0.1) is 5.92 Å². The number of amides is 1. The largest absolute Gasteiger partial charge is 0.493 e. The number of carbonyl (C=O) groups is 1. The molecule has 0 aliphatic carbocycles. The summed E-state index contributed by atoms with van der Waals surface area (Å²) in [5.41, 5.74) is 0.639. The fourth-order valence-electron chi connectivity index (χ4n) is 2.71. The third-order valence-corrected chi connectivity index (χ3v) is 3.94. The van der Waals surface area contributed by atoms with Gasteiger partial charge in [-0.05, 0) is 24.1 Å². The van der Waals surface area contributed by atoms with Gasteiger partial charge in [-0.25, -0.2) is 0 Å². The van der Waals surface area contributed by atoms with Crippen molar-refractivity contribution in [3.8, 4) is 11.5 Å². The van der Waals surface area contributed by atoms with Crippen LogP contribution in [-0.2, 0) is 0 Å². The monoisotopic (exact) mass is 292 g/mol. The first-order chi connectivity index (χ1) is 10.1. The van der Waals surface area contributed by atoms with Crippen molar-refractivity contribution in [3.63, 3.8) is 0 Å². The number of hydrogen-bond acceptors (Lipinski definition) is 4. The summed E-state index contributed by atoms with van der Waals surface area (Å²) in [6.45, 7) is 6.70. The number of nitrogens with one attached hydrogen (secondary N) is 1. The Labute approximate surface area is 126 Å². The average Bonchev–Trinajstić information content (AvgIpc) is 2.53. The lowest BCUT2D eigenvalue weighted by atomic mass is 9.99. The maximum atomic E-state index is 12.8. The van der Waals surface area contributed by atoms with Crippen molar-refractivity contribution in [2.24, 2.45) is 5.92 Å². The predicted molar refractivity (Wildman–Crippen MR) is 82.1 cm³/mol. The molecule has 1 aromatic carbocycles. The molecule has 1 aromatic rings. The molecular weight excluding hydrogens is 268 g/mol. The first-order valence-corrected chi connectivity index (χ1v) is 7.32. The van der Waals surface area contributed by atoms with Crippen LogP contribution in [0.3, 0.4) is 0 Å². The van der Waals surface area contributed by atoms with E-state index >= 15 is 0 Å². The number of benzene rings is 1. The van der Waals surface area contributed by atoms with Crippen LogP contribution in [0.25, 0.3) is 0 Å². The molecule has 5 nitrogen and oxygen atoms in total. The Morgan fingerprint density at radius 3 is 2.62 bits per heavy atom. The summed E-state index contributed by atoms with van der Waals surface area (Å²) < 4.78 is 10.5. The molecule has 0 aromatic heterocycles. The molecule has 1 atom stereocenters. The Balaban J connectivity index is 2.26. The van der Waals surface area contributed by atoms with Gasteiger partial charge < -0.3 is 19.7 Å². The van der Waals surface area contributed by atoms with Crippen LogP contribution in [0.5, 0.6) is 11.5 Å². The number of methoxy groups -OCH3 is 2. The molecule has 21 heavy (non-hydrogen) atoms. The maximum absolute atomic E-state index is 12.8. The summed E-state index contributed by atoms with van der Waals surface area (Å²) in [6, 6.07) is 5.54. The van der Waals surface area contributed by atoms with Gasteiger partial charge in [-0.3, -0.25) is 4.79 Å². The normalized spacial score (nSPS) is 18.7. The van der Waals surface area contributed by atoms with Gasteiger partial charge in [-0.2, -0.15) is 0 Å². The maximum Gasteiger partial charge on any atom is 0.254 e. The molecule has 1 N–H and O–H groups in total. The third-order valence-electron chi connectivity index (χ3n) is 3.94. The van der Waals surface area contributed by atoms with E-state index in [0.29, 0.717) is 23.0 Å². The Bertz CT molecular complexity index is 502. The number of nitrogens with zero attached hydrogens (tertiary/aromatic N) is 1. The number of ether oxygens (including phenoxy) is 2. The fourth-order valence-corrected chi connectivity index (χ4v) is 2.71. The molecule has 2 rings (SSSR count). The van der Waals surface area contributed by atoms with E-state index < -0.39 is 0 Å². The molecule has 116 valence electrons. The first kappa shape index (κ1) is 15.6. The Morgan fingerprint density at radius 1 is 1.29 bits per heavy atom. The summed E-state index contributed by atoms with van der Waals surface area (Å²) in [5, 5.41) is 3.35. The average molecular weight is 292 g/mol. The van der Waals surface area contributed by atoms with Crippen LogP contribution in [0.2, 0.25) is 0 Å². The van der Waals surface area contributed by atoms with E-state index in [1.54, 1.807) is 32.4 Å². The lowest BCUT2D eigenvalue weighted by Gasteiger charge is -2.38.